The second-order valence-electron chi connectivity index (χ2n) is 19.0. The highest BCUT2D eigenvalue weighted by Crippen LogP contribution is 2.72. The lowest BCUT2D eigenvalue weighted by Crippen LogP contribution is -2.48. The van der Waals surface area contributed by atoms with Gasteiger partial charge in [-0.1, -0.05) is 122 Å². The first-order valence-electron chi connectivity index (χ1n) is 22.1. The minimum Gasteiger partial charge on any atom is -0.310 e. The maximum atomic E-state index is 2.72. The Labute approximate surface area is 336 Å². The number of allylic oxidation sites excluding steroid dienone is 4. The van der Waals surface area contributed by atoms with Crippen LogP contribution in [0.5, 0.6) is 0 Å². The van der Waals surface area contributed by atoms with Crippen LogP contribution in [0.25, 0.3) is 27.8 Å². The molecule has 6 aromatic carbocycles. The first-order chi connectivity index (χ1) is 28.2. The van der Waals surface area contributed by atoms with Crippen molar-refractivity contribution in [2.24, 2.45) is 23.7 Å². The fourth-order valence-corrected chi connectivity index (χ4v) is 15.0. The van der Waals surface area contributed by atoms with Crippen molar-refractivity contribution in [2.75, 3.05) is 4.90 Å². The quantitative estimate of drug-likeness (QED) is 0.175. The van der Waals surface area contributed by atoms with Gasteiger partial charge in [-0.05, 0) is 178 Å². The Morgan fingerprint density at radius 2 is 1.33 bits per heavy atom. The molecule has 4 fully saturated rings. The van der Waals surface area contributed by atoms with Crippen LogP contribution in [-0.4, -0.2) is 0 Å². The van der Waals surface area contributed by atoms with E-state index < -0.39 is 0 Å². The van der Waals surface area contributed by atoms with Gasteiger partial charge in [0.25, 0.3) is 0 Å². The molecule has 57 heavy (non-hydrogen) atoms. The molecule has 1 heteroatoms. The van der Waals surface area contributed by atoms with E-state index in [4.69, 9.17) is 0 Å². The predicted molar refractivity (Wildman–Crippen MR) is 234 cm³/mol. The van der Waals surface area contributed by atoms with Gasteiger partial charge in [0.15, 0.2) is 0 Å². The SMILES string of the molecule is C1=CC(c2ccc3c(c2)C24CC(c5ccccc52)c2c(-c5ccccc5)ccc(c24)N3c2ccc3c(c2)C2(c4ccccc4-3)C3CCC4CC(C3)CC2C4)=CCC1. The summed E-state index contributed by atoms with van der Waals surface area (Å²) in [6.07, 6.45) is 19.0. The highest BCUT2D eigenvalue weighted by Gasteiger charge is 2.61. The number of anilines is 3. The molecule has 1 aliphatic heterocycles. The van der Waals surface area contributed by atoms with Gasteiger partial charge >= 0.3 is 0 Å². The monoisotopic (exact) mass is 733 g/mol. The molecule has 6 aromatic rings. The van der Waals surface area contributed by atoms with Crippen LogP contribution in [0.4, 0.5) is 17.1 Å². The van der Waals surface area contributed by atoms with Crippen LogP contribution in [0.1, 0.15) is 108 Å². The van der Waals surface area contributed by atoms with Crippen molar-refractivity contribution in [1.82, 2.24) is 0 Å². The number of nitrogens with zero attached hydrogens (tertiary/aromatic N) is 1. The summed E-state index contributed by atoms with van der Waals surface area (Å²) in [4.78, 5) is 2.72. The third-order valence-corrected chi connectivity index (χ3v) is 16.8. The van der Waals surface area contributed by atoms with Gasteiger partial charge in [0.2, 0.25) is 0 Å². The van der Waals surface area contributed by atoms with Crippen LogP contribution in [-0.2, 0) is 10.8 Å². The van der Waals surface area contributed by atoms with Crippen LogP contribution < -0.4 is 4.90 Å². The standard InChI is InChI=1S/C56H47N/c1-3-11-36(12-4-1)38-20-25-51-50(31-38)55-33-46(44-16-7-9-17-47(44)55)53-42(37-13-5-2-6-14-37)24-26-52(54(53)55)57(51)41-22-23-45-43-15-8-10-18-48(43)56(49(45)32-41)39-21-19-34-27-35(29-39)30-40(56)28-34/h2-3,5-18,20,22-26,31-32,34-35,39-40,46H,1,4,19,21,27-30,33H2. The maximum Gasteiger partial charge on any atom is 0.0509 e. The minimum absolute atomic E-state index is 0.119. The smallest absolute Gasteiger partial charge is 0.0509 e. The Kier molecular flexibility index (Phi) is 6.20. The molecule has 0 N–H and O–H groups in total. The molecule has 1 nitrogen and oxygen atoms in total. The van der Waals surface area contributed by atoms with Crippen molar-refractivity contribution in [3.05, 3.63) is 190 Å². The third kappa shape index (κ3) is 3.88. The number of benzene rings is 6. The van der Waals surface area contributed by atoms with E-state index in [1.807, 2.05) is 0 Å². The summed E-state index contributed by atoms with van der Waals surface area (Å²) in [6.45, 7) is 0. The van der Waals surface area contributed by atoms with Crippen molar-refractivity contribution in [3.8, 4) is 22.3 Å². The van der Waals surface area contributed by atoms with Crippen molar-refractivity contribution in [1.29, 1.82) is 0 Å². The molecule has 7 unspecified atom stereocenters. The molecule has 0 radical (unpaired) electrons. The molecule has 0 amide bonds. The molecule has 0 aromatic heterocycles. The Morgan fingerprint density at radius 3 is 2.25 bits per heavy atom. The van der Waals surface area contributed by atoms with E-state index in [1.54, 1.807) is 22.3 Å². The summed E-state index contributed by atoms with van der Waals surface area (Å²) in [5.74, 6) is 3.66. The molecule has 0 saturated heterocycles. The van der Waals surface area contributed by atoms with E-state index in [9.17, 15) is 0 Å². The van der Waals surface area contributed by atoms with E-state index in [-0.39, 0.29) is 10.8 Å². The molecule has 276 valence electrons. The molecule has 4 saturated carbocycles. The summed E-state index contributed by atoms with van der Waals surface area (Å²) in [6, 6.07) is 50.6. The summed E-state index contributed by atoms with van der Waals surface area (Å²) >= 11 is 0. The summed E-state index contributed by atoms with van der Waals surface area (Å²) in [5, 5.41) is 0. The van der Waals surface area contributed by atoms with Gasteiger partial charge in [0.05, 0.1) is 16.8 Å². The average molecular weight is 734 g/mol. The van der Waals surface area contributed by atoms with Gasteiger partial charge < -0.3 is 4.90 Å². The summed E-state index contributed by atoms with van der Waals surface area (Å²) in [5.41, 5.74) is 23.4. The van der Waals surface area contributed by atoms with Crippen LogP contribution in [0.2, 0.25) is 0 Å². The highest BCUT2D eigenvalue weighted by atomic mass is 15.2. The lowest BCUT2D eigenvalue weighted by Gasteiger charge is -2.53. The number of rotatable bonds is 3. The van der Waals surface area contributed by atoms with Gasteiger partial charge in [-0.15, -0.1) is 0 Å². The minimum atomic E-state index is -0.189. The van der Waals surface area contributed by atoms with Crippen LogP contribution in [0, 0.1) is 23.7 Å². The molecule has 1 heterocycles. The van der Waals surface area contributed by atoms with E-state index >= 15 is 0 Å². The van der Waals surface area contributed by atoms with E-state index in [1.165, 1.54) is 106 Å². The molecule has 6 bridgehead atoms. The Balaban J connectivity index is 1.05. The fraction of sp³-hybridized carbons (Fsp3) is 0.286. The number of hydrogen-bond donors (Lipinski definition) is 0. The Hall–Kier alpha value is -5.40. The number of hydrogen-bond acceptors (Lipinski definition) is 1. The van der Waals surface area contributed by atoms with Crippen molar-refractivity contribution in [3.63, 3.8) is 0 Å². The highest BCUT2D eigenvalue weighted by molar-refractivity contribution is 5.96. The number of fused-ring (bicyclic) bond motifs is 9. The Morgan fingerprint density at radius 1 is 0.544 bits per heavy atom. The van der Waals surface area contributed by atoms with Crippen LogP contribution in [0.3, 0.4) is 0 Å². The van der Waals surface area contributed by atoms with Crippen LogP contribution in [0.15, 0.2) is 146 Å². The van der Waals surface area contributed by atoms with E-state index in [0.29, 0.717) is 5.92 Å². The third-order valence-electron chi connectivity index (χ3n) is 16.8. The van der Waals surface area contributed by atoms with Crippen molar-refractivity contribution >= 4 is 22.6 Å². The molecule has 15 rings (SSSR count). The second kappa shape index (κ2) is 11.2. The van der Waals surface area contributed by atoms with Gasteiger partial charge in [0.1, 0.15) is 0 Å². The lowest BCUT2D eigenvalue weighted by molar-refractivity contribution is 0.0618. The zero-order valence-corrected chi connectivity index (χ0v) is 32.6. The lowest BCUT2D eigenvalue weighted by atomic mass is 9.51. The van der Waals surface area contributed by atoms with Gasteiger partial charge in [-0.25, -0.2) is 0 Å². The molecular formula is C56H47N. The molecule has 8 aliphatic carbocycles. The summed E-state index contributed by atoms with van der Waals surface area (Å²) < 4.78 is 0. The normalized spacial score (nSPS) is 29.8. The van der Waals surface area contributed by atoms with Crippen LogP contribution >= 0.6 is 0 Å². The zero-order valence-electron chi connectivity index (χ0n) is 32.6. The molecule has 2 spiro atoms. The van der Waals surface area contributed by atoms with Gasteiger partial charge in [-0.2, -0.15) is 0 Å². The predicted octanol–water partition coefficient (Wildman–Crippen LogP) is 14.2. The van der Waals surface area contributed by atoms with E-state index in [0.717, 1.165) is 42.9 Å². The maximum absolute atomic E-state index is 2.72. The average Bonchev–Trinajstić information content (AvgIpc) is 3.84. The first-order valence-corrected chi connectivity index (χ1v) is 22.1. The van der Waals surface area contributed by atoms with E-state index in [2.05, 4.69) is 151 Å². The molecule has 9 aliphatic rings. The van der Waals surface area contributed by atoms with Gasteiger partial charge in [-0.3, -0.25) is 0 Å². The van der Waals surface area contributed by atoms with Crippen molar-refractivity contribution < 1.29 is 0 Å². The fourth-order valence-electron chi connectivity index (χ4n) is 15.0. The molecule has 7 atom stereocenters. The molecular weight excluding hydrogens is 687 g/mol. The summed E-state index contributed by atoms with van der Waals surface area (Å²) in [7, 11) is 0. The second-order valence-corrected chi connectivity index (χ2v) is 19.0. The first kappa shape index (κ1) is 31.7. The Bertz CT molecular complexity index is 2770. The van der Waals surface area contributed by atoms with Crippen molar-refractivity contribution in [2.45, 2.75) is 74.5 Å². The zero-order chi connectivity index (χ0) is 37.0. The largest absolute Gasteiger partial charge is 0.310 e. The topological polar surface area (TPSA) is 3.24 Å². The van der Waals surface area contributed by atoms with Gasteiger partial charge in [0, 0.05) is 17.0 Å².